The number of nitrogens with zero attached hydrogens (tertiary/aromatic N) is 4. The number of nitrogens with one attached hydrogen (secondary N) is 2. The van der Waals surface area contributed by atoms with Crippen LogP contribution in [0.3, 0.4) is 0 Å². The monoisotopic (exact) mass is 540 g/mol. The third kappa shape index (κ3) is 8.07. The summed E-state index contributed by atoms with van der Waals surface area (Å²) in [6.45, 7) is 9.40. The van der Waals surface area contributed by atoms with Gasteiger partial charge in [0.1, 0.15) is 12.4 Å². The van der Waals surface area contributed by atoms with E-state index < -0.39 is 0 Å². The molecule has 2 N–H and O–H groups in total. The molecule has 3 rings (SSSR count). The van der Waals surface area contributed by atoms with Gasteiger partial charge in [-0.05, 0) is 49.7 Å². The van der Waals surface area contributed by atoms with E-state index >= 15 is 0 Å². The molecule has 172 valence electrons. The van der Waals surface area contributed by atoms with Crippen LogP contribution in [0.2, 0.25) is 0 Å². The molecule has 0 radical (unpaired) electrons. The summed E-state index contributed by atoms with van der Waals surface area (Å²) in [4.78, 5) is 4.72. The number of rotatable bonds is 9. The summed E-state index contributed by atoms with van der Waals surface area (Å²) in [5, 5.41) is 15.2. The number of benzene rings is 1. The Morgan fingerprint density at radius 2 is 2.00 bits per heavy atom. The van der Waals surface area contributed by atoms with Crippen LogP contribution in [0.25, 0.3) is 0 Å². The Balaban J connectivity index is 0.00000341. The number of aromatic nitrogens is 3. The summed E-state index contributed by atoms with van der Waals surface area (Å²) in [5.41, 5.74) is 2.77. The number of ether oxygens (including phenoxy) is 1. The van der Waals surface area contributed by atoms with Gasteiger partial charge in [-0.1, -0.05) is 38.1 Å². The van der Waals surface area contributed by atoms with Gasteiger partial charge in [0.05, 0.1) is 6.10 Å². The van der Waals surface area contributed by atoms with Crippen molar-refractivity contribution in [2.45, 2.75) is 65.0 Å². The van der Waals surface area contributed by atoms with E-state index in [4.69, 9.17) is 9.73 Å². The molecular formula is C23H37IN6O. The normalized spacial score (nSPS) is 16.4. The van der Waals surface area contributed by atoms with Crippen LogP contribution in [0.1, 0.15) is 61.8 Å². The molecule has 1 fully saturated rings. The Hall–Kier alpha value is -1.68. The smallest absolute Gasteiger partial charge is 0.191 e. The highest BCUT2D eigenvalue weighted by Gasteiger charge is 2.15. The van der Waals surface area contributed by atoms with E-state index in [0.717, 1.165) is 63.0 Å². The Bertz CT molecular complexity index is 812. The molecule has 1 aromatic heterocycles. The van der Waals surface area contributed by atoms with E-state index in [9.17, 15) is 0 Å². The molecule has 0 aliphatic carbocycles. The lowest BCUT2D eigenvalue weighted by Gasteiger charge is -2.15. The van der Waals surface area contributed by atoms with E-state index in [1.54, 1.807) is 0 Å². The molecule has 0 bridgehead atoms. The van der Waals surface area contributed by atoms with Crippen LogP contribution in [0.15, 0.2) is 29.3 Å². The first kappa shape index (κ1) is 25.6. The van der Waals surface area contributed by atoms with E-state index in [1.165, 1.54) is 11.1 Å². The fourth-order valence-corrected chi connectivity index (χ4v) is 3.50. The summed E-state index contributed by atoms with van der Waals surface area (Å²) in [7, 11) is 1.97. The molecule has 1 aliphatic rings. The van der Waals surface area contributed by atoms with Gasteiger partial charge in [-0.2, -0.15) is 0 Å². The van der Waals surface area contributed by atoms with Crippen molar-refractivity contribution in [3.05, 3.63) is 47.0 Å². The van der Waals surface area contributed by atoms with Crippen LogP contribution in [0.4, 0.5) is 0 Å². The van der Waals surface area contributed by atoms with Crippen molar-refractivity contribution in [3.63, 3.8) is 0 Å². The Morgan fingerprint density at radius 1 is 1.23 bits per heavy atom. The van der Waals surface area contributed by atoms with E-state index in [2.05, 4.69) is 58.9 Å². The van der Waals surface area contributed by atoms with Crippen LogP contribution < -0.4 is 10.6 Å². The van der Waals surface area contributed by atoms with Crippen LogP contribution in [0.5, 0.6) is 0 Å². The van der Waals surface area contributed by atoms with Crippen molar-refractivity contribution in [2.75, 3.05) is 19.7 Å². The number of halogens is 1. The quantitative estimate of drug-likeness (QED) is 0.220. The number of aliphatic imine (C=N–C) groups is 1. The second-order valence-electron chi connectivity index (χ2n) is 8.33. The van der Waals surface area contributed by atoms with Crippen LogP contribution in [-0.4, -0.2) is 46.5 Å². The highest BCUT2D eigenvalue weighted by molar-refractivity contribution is 14.0. The van der Waals surface area contributed by atoms with Gasteiger partial charge in [0.25, 0.3) is 0 Å². The zero-order valence-electron chi connectivity index (χ0n) is 19.2. The molecule has 31 heavy (non-hydrogen) atoms. The molecular weight excluding hydrogens is 503 g/mol. The Labute approximate surface area is 203 Å². The van der Waals surface area contributed by atoms with E-state index in [0.29, 0.717) is 12.5 Å². The highest BCUT2D eigenvalue weighted by atomic mass is 127. The van der Waals surface area contributed by atoms with Crippen molar-refractivity contribution in [1.82, 2.24) is 25.4 Å². The minimum absolute atomic E-state index is 0. The number of guanidine groups is 1. The molecule has 7 nitrogen and oxygen atoms in total. The molecule has 0 amide bonds. The third-order valence-corrected chi connectivity index (χ3v) is 5.66. The largest absolute Gasteiger partial charge is 0.376 e. The van der Waals surface area contributed by atoms with E-state index in [-0.39, 0.29) is 30.1 Å². The topological polar surface area (TPSA) is 76.4 Å². The number of hydrogen-bond acceptors (Lipinski definition) is 4. The van der Waals surface area contributed by atoms with Crippen LogP contribution in [-0.2, 0) is 24.8 Å². The lowest BCUT2D eigenvalue weighted by Crippen LogP contribution is -2.41. The Kier molecular flexibility index (Phi) is 10.7. The van der Waals surface area contributed by atoms with Gasteiger partial charge in [-0.15, -0.1) is 34.2 Å². The Morgan fingerprint density at radius 3 is 2.61 bits per heavy atom. The molecule has 1 unspecified atom stereocenters. The summed E-state index contributed by atoms with van der Waals surface area (Å²) in [5.74, 6) is 3.13. The standard InChI is InChI=1S/C23H36N6O.HI/c1-17(2)20-11-9-19(10-12-20)7-5-13-24-23(25-15-21-8-6-14-30-21)26-16-22-28-27-18(3)29(22)4;/h9-12,17,21H,5-8,13-16H2,1-4H3,(H2,24,25,26);1H. The fourth-order valence-electron chi connectivity index (χ4n) is 3.50. The predicted molar refractivity (Wildman–Crippen MR) is 136 cm³/mol. The molecule has 0 saturated carbocycles. The maximum Gasteiger partial charge on any atom is 0.191 e. The molecule has 8 heteroatoms. The summed E-state index contributed by atoms with van der Waals surface area (Å²) in [6, 6.07) is 8.98. The van der Waals surface area contributed by atoms with Gasteiger partial charge in [0.15, 0.2) is 11.8 Å². The maximum absolute atomic E-state index is 5.73. The lowest BCUT2D eigenvalue weighted by molar-refractivity contribution is 0.114. The third-order valence-electron chi connectivity index (χ3n) is 5.66. The second-order valence-corrected chi connectivity index (χ2v) is 8.33. The molecule has 0 spiro atoms. The minimum Gasteiger partial charge on any atom is -0.376 e. The molecule has 1 aromatic carbocycles. The fraction of sp³-hybridized carbons (Fsp3) is 0.609. The molecule has 2 heterocycles. The van der Waals surface area contributed by atoms with Crippen molar-refractivity contribution < 1.29 is 4.74 Å². The van der Waals surface area contributed by atoms with Gasteiger partial charge in [-0.3, -0.25) is 0 Å². The maximum atomic E-state index is 5.73. The first-order valence-corrected chi connectivity index (χ1v) is 11.1. The zero-order valence-corrected chi connectivity index (χ0v) is 21.6. The van der Waals surface area contributed by atoms with E-state index in [1.807, 2.05) is 18.5 Å². The van der Waals surface area contributed by atoms with Crippen molar-refractivity contribution in [2.24, 2.45) is 12.0 Å². The van der Waals surface area contributed by atoms with Crippen molar-refractivity contribution in [1.29, 1.82) is 0 Å². The van der Waals surface area contributed by atoms with Gasteiger partial charge >= 0.3 is 0 Å². The van der Waals surface area contributed by atoms with Gasteiger partial charge in [-0.25, -0.2) is 4.99 Å². The van der Waals surface area contributed by atoms with Crippen LogP contribution >= 0.6 is 24.0 Å². The average Bonchev–Trinajstić information content (AvgIpc) is 3.38. The molecule has 1 saturated heterocycles. The van der Waals surface area contributed by atoms with Gasteiger partial charge in [0.2, 0.25) is 0 Å². The SMILES string of the molecule is Cc1nnc(CN=C(NCCCc2ccc(C(C)C)cc2)NCC2CCCO2)n1C.I. The number of aryl methyl sites for hydroxylation is 2. The minimum atomic E-state index is 0. The first-order chi connectivity index (χ1) is 14.5. The summed E-state index contributed by atoms with van der Waals surface area (Å²) in [6.07, 6.45) is 4.61. The molecule has 1 atom stereocenters. The van der Waals surface area contributed by atoms with Crippen LogP contribution in [0, 0.1) is 6.92 Å². The average molecular weight is 540 g/mol. The summed E-state index contributed by atoms with van der Waals surface area (Å²) >= 11 is 0. The van der Waals surface area contributed by atoms with Crippen molar-refractivity contribution >= 4 is 29.9 Å². The second kappa shape index (κ2) is 13.0. The number of hydrogen-bond donors (Lipinski definition) is 2. The highest BCUT2D eigenvalue weighted by Crippen LogP contribution is 2.15. The van der Waals surface area contributed by atoms with Crippen molar-refractivity contribution in [3.8, 4) is 0 Å². The zero-order chi connectivity index (χ0) is 21.3. The first-order valence-electron chi connectivity index (χ1n) is 11.1. The lowest BCUT2D eigenvalue weighted by atomic mass is 10.0. The van der Waals surface area contributed by atoms with Gasteiger partial charge < -0.3 is 19.9 Å². The molecule has 2 aromatic rings. The molecule has 1 aliphatic heterocycles. The van der Waals surface area contributed by atoms with Gasteiger partial charge in [0, 0.05) is 26.7 Å². The predicted octanol–water partition coefficient (Wildman–Crippen LogP) is 3.71. The summed E-state index contributed by atoms with van der Waals surface area (Å²) < 4.78 is 7.70.